The fourth-order valence-electron chi connectivity index (χ4n) is 1.87. The van der Waals surface area contributed by atoms with Crippen molar-refractivity contribution in [2.24, 2.45) is 0 Å². The first-order chi connectivity index (χ1) is 9.63. The molecule has 0 saturated heterocycles. The zero-order valence-corrected chi connectivity index (χ0v) is 12.4. The summed E-state index contributed by atoms with van der Waals surface area (Å²) in [5.74, 6) is -0.0528. The molecule has 0 radical (unpaired) electrons. The zero-order valence-electron chi connectivity index (χ0n) is 12.4. The van der Waals surface area contributed by atoms with E-state index in [1.54, 1.807) is 13.0 Å². The number of hydrogen-bond donors (Lipinski definition) is 1. The summed E-state index contributed by atoms with van der Waals surface area (Å²) in [6.45, 7) is 4.54. The minimum absolute atomic E-state index is 0.328. The molecular formula is C17H24O3. The fraction of sp³-hybridized carbons (Fsp3) is 0.471. The van der Waals surface area contributed by atoms with E-state index in [4.69, 9.17) is 9.84 Å². The van der Waals surface area contributed by atoms with E-state index in [2.05, 4.69) is 6.92 Å². The first kappa shape index (κ1) is 16.3. The Balaban J connectivity index is 2.35. The Bertz CT molecular complexity index is 432. The lowest BCUT2D eigenvalue weighted by molar-refractivity contribution is -0.132. The van der Waals surface area contributed by atoms with E-state index in [0.717, 1.165) is 24.3 Å². The average molecular weight is 276 g/mol. The van der Waals surface area contributed by atoms with Gasteiger partial charge in [-0.2, -0.15) is 0 Å². The molecule has 0 aliphatic heterocycles. The van der Waals surface area contributed by atoms with E-state index < -0.39 is 5.97 Å². The highest BCUT2D eigenvalue weighted by atomic mass is 16.5. The first-order valence-corrected chi connectivity index (χ1v) is 7.28. The molecule has 0 atom stereocenters. The highest BCUT2D eigenvalue weighted by Crippen LogP contribution is 2.15. The van der Waals surface area contributed by atoms with Crippen LogP contribution in [0.5, 0.6) is 5.75 Å². The van der Waals surface area contributed by atoms with E-state index in [1.807, 2.05) is 24.3 Å². The van der Waals surface area contributed by atoms with Crippen molar-refractivity contribution in [3.05, 3.63) is 35.4 Å². The Labute approximate surface area is 121 Å². The van der Waals surface area contributed by atoms with Gasteiger partial charge in [-0.15, -0.1) is 0 Å². The Hall–Kier alpha value is -1.77. The summed E-state index contributed by atoms with van der Waals surface area (Å²) in [6, 6.07) is 7.51. The molecule has 3 heteroatoms. The smallest absolute Gasteiger partial charge is 0.331 e. The van der Waals surface area contributed by atoms with Gasteiger partial charge in [0.25, 0.3) is 0 Å². The highest BCUT2D eigenvalue weighted by Gasteiger charge is 2.00. The van der Waals surface area contributed by atoms with Crippen molar-refractivity contribution in [2.75, 3.05) is 6.61 Å². The standard InChI is InChI=1S/C17H24O3/c1-3-4-5-6-7-12-20-16-10-8-15(9-11-16)13-14(2)17(18)19/h8-11,13H,3-7,12H2,1-2H3,(H,18,19)/b14-13+. The van der Waals surface area contributed by atoms with Gasteiger partial charge in [0.15, 0.2) is 0 Å². The lowest BCUT2D eigenvalue weighted by Crippen LogP contribution is -1.97. The van der Waals surface area contributed by atoms with E-state index in [-0.39, 0.29) is 0 Å². The summed E-state index contributed by atoms with van der Waals surface area (Å²) in [7, 11) is 0. The lowest BCUT2D eigenvalue weighted by atomic mass is 10.1. The number of ether oxygens (including phenoxy) is 1. The highest BCUT2D eigenvalue weighted by molar-refractivity contribution is 5.91. The summed E-state index contributed by atoms with van der Waals surface area (Å²) in [6.07, 6.45) is 7.77. The average Bonchev–Trinajstić information content (AvgIpc) is 2.44. The zero-order chi connectivity index (χ0) is 14.8. The molecular weight excluding hydrogens is 252 g/mol. The maximum absolute atomic E-state index is 10.7. The molecule has 1 aromatic carbocycles. The van der Waals surface area contributed by atoms with E-state index in [0.29, 0.717) is 5.57 Å². The quantitative estimate of drug-likeness (QED) is 0.532. The number of carboxylic acid groups (broad SMARTS) is 1. The number of aliphatic carboxylic acids is 1. The molecule has 1 rings (SSSR count). The van der Waals surface area contributed by atoms with Gasteiger partial charge in [-0.25, -0.2) is 4.79 Å². The molecule has 20 heavy (non-hydrogen) atoms. The fourth-order valence-corrected chi connectivity index (χ4v) is 1.87. The van der Waals surface area contributed by atoms with Crippen molar-refractivity contribution in [3.8, 4) is 5.75 Å². The van der Waals surface area contributed by atoms with Gasteiger partial charge < -0.3 is 9.84 Å². The van der Waals surface area contributed by atoms with E-state index in [9.17, 15) is 4.79 Å². The van der Waals surface area contributed by atoms with Crippen molar-refractivity contribution >= 4 is 12.0 Å². The van der Waals surface area contributed by atoms with Crippen LogP contribution in [0.15, 0.2) is 29.8 Å². The predicted molar refractivity (Wildman–Crippen MR) is 82.0 cm³/mol. The molecule has 0 unspecified atom stereocenters. The largest absolute Gasteiger partial charge is 0.494 e. The molecule has 0 aliphatic rings. The van der Waals surface area contributed by atoms with Crippen LogP contribution in [0.3, 0.4) is 0 Å². The van der Waals surface area contributed by atoms with Gasteiger partial charge in [0, 0.05) is 5.57 Å². The van der Waals surface area contributed by atoms with E-state index in [1.165, 1.54) is 25.7 Å². The molecule has 0 spiro atoms. The van der Waals surface area contributed by atoms with Crippen molar-refractivity contribution in [2.45, 2.75) is 46.0 Å². The van der Waals surface area contributed by atoms with Crippen molar-refractivity contribution in [1.29, 1.82) is 0 Å². The molecule has 110 valence electrons. The minimum atomic E-state index is -0.891. The second-order valence-electron chi connectivity index (χ2n) is 4.96. The molecule has 1 N–H and O–H groups in total. The summed E-state index contributed by atoms with van der Waals surface area (Å²) in [5, 5.41) is 8.81. The third-order valence-electron chi connectivity index (χ3n) is 3.12. The van der Waals surface area contributed by atoms with Crippen LogP contribution in [0, 0.1) is 0 Å². The molecule has 0 fully saturated rings. The Morgan fingerprint density at radius 2 is 1.80 bits per heavy atom. The number of rotatable bonds is 9. The van der Waals surface area contributed by atoms with Crippen LogP contribution >= 0.6 is 0 Å². The molecule has 0 bridgehead atoms. The molecule has 1 aromatic rings. The van der Waals surface area contributed by atoms with Crippen LogP contribution < -0.4 is 4.74 Å². The third kappa shape index (κ3) is 6.41. The number of carbonyl (C=O) groups is 1. The molecule has 3 nitrogen and oxygen atoms in total. The molecule has 0 saturated carbocycles. The van der Waals surface area contributed by atoms with Crippen molar-refractivity contribution < 1.29 is 14.6 Å². The van der Waals surface area contributed by atoms with Gasteiger partial charge in [-0.1, -0.05) is 44.7 Å². The maximum atomic E-state index is 10.7. The lowest BCUT2D eigenvalue weighted by Gasteiger charge is -2.06. The molecule has 0 amide bonds. The third-order valence-corrected chi connectivity index (χ3v) is 3.12. The second-order valence-corrected chi connectivity index (χ2v) is 4.96. The van der Waals surface area contributed by atoms with Gasteiger partial charge >= 0.3 is 5.97 Å². The van der Waals surface area contributed by atoms with Crippen LogP contribution in [-0.4, -0.2) is 17.7 Å². The van der Waals surface area contributed by atoms with Crippen LogP contribution in [0.2, 0.25) is 0 Å². The van der Waals surface area contributed by atoms with Gasteiger partial charge in [0.1, 0.15) is 5.75 Å². The Morgan fingerprint density at radius 1 is 1.15 bits per heavy atom. The second kappa shape index (κ2) is 9.18. The maximum Gasteiger partial charge on any atom is 0.331 e. The first-order valence-electron chi connectivity index (χ1n) is 7.28. The molecule has 0 aliphatic carbocycles. The summed E-state index contributed by atoms with van der Waals surface area (Å²) in [5.41, 5.74) is 1.20. The summed E-state index contributed by atoms with van der Waals surface area (Å²) in [4.78, 5) is 10.7. The van der Waals surface area contributed by atoms with Crippen molar-refractivity contribution in [1.82, 2.24) is 0 Å². The van der Waals surface area contributed by atoms with Crippen LogP contribution in [0.1, 0.15) is 51.5 Å². The van der Waals surface area contributed by atoms with Crippen molar-refractivity contribution in [3.63, 3.8) is 0 Å². The Kier molecular flexibility index (Phi) is 7.48. The normalized spacial score (nSPS) is 11.4. The monoisotopic (exact) mass is 276 g/mol. The van der Waals surface area contributed by atoms with Gasteiger partial charge in [-0.3, -0.25) is 0 Å². The van der Waals surface area contributed by atoms with E-state index >= 15 is 0 Å². The summed E-state index contributed by atoms with van der Waals surface area (Å²) >= 11 is 0. The number of unbranched alkanes of at least 4 members (excludes halogenated alkanes) is 4. The van der Waals surface area contributed by atoms with Crippen LogP contribution in [0.25, 0.3) is 6.08 Å². The van der Waals surface area contributed by atoms with Gasteiger partial charge in [-0.05, 0) is 37.1 Å². The molecule has 0 aromatic heterocycles. The predicted octanol–water partition coefficient (Wildman–Crippen LogP) is 4.52. The van der Waals surface area contributed by atoms with Gasteiger partial charge in [0.2, 0.25) is 0 Å². The Morgan fingerprint density at radius 3 is 2.40 bits per heavy atom. The number of benzene rings is 1. The topological polar surface area (TPSA) is 46.5 Å². The number of carboxylic acids is 1. The van der Waals surface area contributed by atoms with Crippen LogP contribution in [-0.2, 0) is 4.79 Å². The van der Waals surface area contributed by atoms with Gasteiger partial charge in [0.05, 0.1) is 6.61 Å². The number of hydrogen-bond acceptors (Lipinski definition) is 2. The minimum Gasteiger partial charge on any atom is -0.494 e. The SMILES string of the molecule is CCCCCCCOc1ccc(/C=C(\C)C(=O)O)cc1. The van der Waals surface area contributed by atoms with Crippen LogP contribution in [0.4, 0.5) is 0 Å². The molecule has 0 heterocycles. The summed E-state index contributed by atoms with van der Waals surface area (Å²) < 4.78 is 5.66.